The van der Waals surface area contributed by atoms with Gasteiger partial charge >= 0.3 is 0 Å². The van der Waals surface area contributed by atoms with Crippen molar-refractivity contribution in [3.63, 3.8) is 0 Å². The zero-order valence-electron chi connectivity index (χ0n) is 10.3. The van der Waals surface area contributed by atoms with E-state index in [1.165, 1.54) is 0 Å². The van der Waals surface area contributed by atoms with Gasteiger partial charge in [0.25, 0.3) is 0 Å². The lowest BCUT2D eigenvalue weighted by Gasteiger charge is -2.03. The van der Waals surface area contributed by atoms with Crippen LogP contribution in [0.15, 0.2) is 53.8 Å². The van der Waals surface area contributed by atoms with Gasteiger partial charge in [-0.25, -0.2) is 9.67 Å². The van der Waals surface area contributed by atoms with Crippen LogP contribution in [0.4, 0.5) is 0 Å². The first kappa shape index (κ1) is 13.5. The monoisotopic (exact) mass is 275 g/mol. The molecule has 4 nitrogen and oxygen atoms in total. The van der Waals surface area contributed by atoms with Crippen molar-refractivity contribution in [2.45, 2.75) is 12.8 Å². The lowest BCUT2D eigenvalue weighted by atomic mass is 10.3. The average Bonchev–Trinajstić information content (AvgIpc) is 3.25. The molecule has 0 bridgehead atoms. The van der Waals surface area contributed by atoms with Crippen molar-refractivity contribution in [1.29, 1.82) is 0 Å². The van der Waals surface area contributed by atoms with E-state index in [0.29, 0.717) is 5.36 Å². The number of carbonyl (C=O) groups excluding carboxylic acids is 1. The maximum absolute atomic E-state index is 11.5. The number of benzene rings is 1. The molecule has 1 aromatic heterocycles. The van der Waals surface area contributed by atoms with Gasteiger partial charge in [0, 0.05) is 12.1 Å². The number of para-hydroxylation sites is 1. The summed E-state index contributed by atoms with van der Waals surface area (Å²) in [5.41, 5.74) is 0.984. The molecule has 0 aliphatic heterocycles. The predicted molar refractivity (Wildman–Crippen MR) is 74.1 cm³/mol. The van der Waals surface area contributed by atoms with Gasteiger partial charge in [-0.1, -0.05) is 18.2 Å². The van der Waals surface area contributed by atoms with E-state index in [-0.39, 0.29) is 24.2 Å². The zero-order chi connectivity index (χ0) is 12.4. The van der Waals surface area contributed by atoms with Crippen molar-refractivity contribution < 1.29 is 4.79 Å². The number of nitrogens with zero attached hydrogens (tertiary/aromatic N) is 3. The largest absolute Gasteiger partial charge is 0.272 e. The van der Waals surface area contributed by atoms with E-state index in [1.807, 2.05) is 36.5 Å². The molecule has 0 saturated heterocycles. The highest BCUT2D eigenvalue weighted by Gasteiger charge is 2.28. The van der Waals surface area contributed by atoms with Crippen LogP contribution in [0, 0.1) is 5.92 Å². The Morgan fingerprint density at radius 2 is 1.95 bits per heavy atom. The molecule has 0 spiro atoms. The molecule has 1 fully saturated rings. The van der Waals surface area contributed by atoms with Crippen LogP contribution < -0.4 is 5.36 Å². The van der Waals surface area contributed by atoms with Gasteiger partial charge < -0.3 is 0 Å². The zero-order valence-corrected chi connectivity index (χ0v) is 11.1. The molecule has 5 heteroatoms. The standard InChI is InChI=1S/C14H13N3O.ClH/c18-14(11-6-7-11)16-12-8-9-17(15-10-12)13-4-2-1-3-5-13;/h1-5,8-11H,6-7H2;1H/b16-12+;. The number of rotatable bonds is 2. The van der Waals surface area contributed by atoms with Gasteiger partial charge in [-0.05, 0) is 31.0 Å². The van der Waals surface area contributed by atoms with Crippen LogP contribution in [-0.4, -0.2) is 15.7 Å². The van der Waals surface area contributed by atoms with E-state index in [4.69, 9.17) is 0 Å². The lowest BCUT2D eigenvalue weighted by Crippen LogP contribution is -2.11. The fourth-order valence-electron chi connectivity index (χ4n) is 1.70. The molecule has 0 N–H and O–H groups in total. The summed E-state index contributed by atoms with van der Waals surface area (Å²) in [7, 11) is 0. The Kier molecular flexibility index (Phi) is 4.12. The topological polar surface area (TPSA) is 47.2 Å². The third kappa shape index (κ3) is 3.29. The van der Waals surface area contributed by atoms with Crippen LogP contribution in [0.1, 0.15) is 12.8 Å². The van der Waals surface area contributed by atoms with E-state index in [0.717, 1.165) is 18.5 Å². The van der Waals surface area contributed by atoms with E-state index in [1.54, 1.807) is 16.9 Å². The Hall–Kier alpha value is -1.94. The molecule has 2 aromatic rings. The van der Waals surface area contributed by atoms with Crippen LogP contribution in [0.2, 0.25) is 0 Å². The highest BCUT2D eigenvalue weighted by atomic mass is 35.5. The van der Waals surface area contributed by atoms with Gasteiger partial charge in [-0.2, -0.15) is 5.10 Å². The number of carbonyl (C=O) groups is 1. The summed E-state index contributed by atoms with van der Waals surface area (Å²) in [5.74, 6) is 0.140. The molecule has 1 heterocycles. The number of amides is 1. The third-order valence-electron chi connectivity index (χ3n) is 2.89. The summed E-state index contributed by atoms with van der Waals surface area (Å²) in [4.78, 5) is 15.6. The molecule has 0 unspecified atom stereocenters. The Bertz CT molecular complexity index is 612. The second-order valence-corrected chi connectivity index (χ2v) is 4.39. The number of hydrogen-bond donors (Lipinski definition) is 0. The molecule has 0 radical (unpaired) electrons. The summed E-state index contributed by atoms with van der Waals surface area (Å²) in [6.07, 6.45) is 5.39. The minimum absolute atomic E-state index is 0. The molecule has 1 amide bonds. The average molecular weight is 276 g/mol. The van der Waals surface area contributed by atoms with Crippen LogP contribution >= 0.6 is 12.4 Å². The number of halogens is 1. The second-order valence-electron chi connectivity index (χ2n) is 4.39. The van der Waals surface area contributed by atoms with E-state index in [2.05, 4.69) is 10.1 Å². The maximum atomic E-state index is 11.5. The first-order valence-corrected chi connectivity index (χ1v) is 6.02. The van der Waals surface area contributed by atoms with Gasteiger partial charge in [-0.15, -0.1) is 12.4 Å². The van der Waals surface area contributed by atoms with E-state index in [9.17, 15) is 4.79 Å². The second kappa shape index (κ2) is 5.80. The van der Waals surface area contributed by atoms with Crippen molar-refractivity contribution in [3.8, 4) is 5.69 Å². The van der Waals surface area contributed by atoms with Gasteiger partial charge in [0.05, 0.1) is 17.2 Å². The molecule has 98 valence electrons. The van der Waals surface area contributed by atoms with Gasteiger partial charge in [0.1, 0.15) is 0 Å². The van der Waals surface area contributed by atoms with Crippen molar-refractivity contribution in [1.82, 2.24) is 9.78 Å². The maximum Gasteiger partial charge on any atom is 0.249 e. The first-order chi connectivity index (χ1) is 8.83. The Morgan fingerprint density at radius 1 is 1.21 bits per heavy atom. The summed E-state index contributed by atoms with van der Waals surface area (Å²) < 4.78 is 1.75. The summed E-state index contributed by atoms with van der Waals surface area (Å²) in [6, 6.07) is 11.6. The predicted octanol–water partition coefficient (Wildman–Crippen LogP) is 2.13. The quantitative estimate of drug-likeness (QED) is 0.843. The van der Waals surface area contributed by atoms with Gasteiger partial charge in [-0.3, -0.25) is 4.79 Å². The highest BCUT2D eigenvalue weighted by Crippen LogP contribution is 2.29. The first-order valence-electron chi connectivity index (χ1n) is 6.02. The summed E-state index contributed by atoms with van der Waals surface area (Å²) in [5, 5.41) is 4.88. The van der Waals surface area contributed by atoms with Crippen LogP contribution in [-0.2, 0) is 4.79 Å². The third-order valence-corrected chi connectivity index (χ3v) is 2.89. The molecule has 1 aliphatic rings. The minimum atomic E-state index is -0.0192. The van der Waals surface area contributed by atoms with E-state index >= 15 is 0 Å². The summed E-state index contributed by atoms with van der Waals surface area (Å²) >= 11 is 0. The van der Waals surface area contributed by atoms with Crippen molar-refractivity contribution in [2.24, 2.45) is 10.9 Å². The fraction of sp³-hybridized carbons (Fsp3) is 0.214. The van der Waals surface area contributed by atoms with Crippen LogP contribution in [0.5, 0.6) is 0 Å². The molecular formula is C14H14ClN3O. The number of aromatic nitrogens is 2. The SMILES string of the molecule is Cl.O=C(/N=c1\ccn(-c2ccccc2)nc1)C1CC1. The molecule has 0 atom stereocenters. The normalized spacial score (nSPS) is 14.8. The smallest absolute Gasteiger partial charge is 0.249 e. The summed E-state index contributed by atoms with van der Waals surface area (Å²) in [6.45, 7) is 0. The molecular weight excluding hydrogens is 262 g/mol. The minimum Gasteiger partial charge on any atom is -0.272 e. The molecule has 19 heavy (non-hydrogen) atoms. The Labute approximate surface area is 117 Å². The molecule has 1 saturated carbocycles. The Balaban J connectivity index is 0.00000133. The fourth-order valence-corrected chi connectivity index (χ4v) is 1.70. The molecule has 1 aliphatic carbocycles. The van der Waals surface area contributed by atoms with Crippen molar-refractivity contribution in [2.75, 3.05) is 0 Å². The molecule has 3 rings (SSSR count). The van der Waals surface area contributed by atoms with E-state index < -0.39 is 0 Å². The van der Waals surface area contributed by atoms with Crippen molar-refractivity contribution in [3.05, 3.63) is 54.1 Å². The van der Waals surface area contributed by atoms with Crippen molar-refractivity contribution >= 4 is 18.3 Å². The van der Waals surface area contributed by atoms with Crippen LogP contribution in [0.25, 0.3) is 5.69 Å². The van der Waals surface area contributed by atoms with Crippen LogP contribution in [0.3, 0.4) is 0 Å². The number of hydrogen-bond acceptors (Lipinski definition) is 2. The Morgan fingerprint density at radius 3 is 2.53 bits per heavy atom. The van der Waals surface area contributed by atoms with Gasteiger partial charge in [0.15, 0.2) is 0 Å². The van der Waals surface area contributed by atoms with Gasteiger partial charge in [0.2, 0.25) is 5.91 Å². The molecule has 1 aromatic carbocycles. The highest BCUT2D eigenvalue weighted by molar-refractivity contribution is 5.85. The lowest BCUT2D eigenvalue weighted by molar-refractivity contribution is -0.119.